The number of esters is 1. The average Bonchev–Trinajstić information content (AvgIpc) is 2.97. The summed E-state index contributed by atoms with van der Waals surface area (Å²) in [6, 6.07) is 6.60. The first-order valence-electron chi connectivity index (χ1n) is 8.02. The van der Waals surface area contributed by atoms with Gasteiger partial charge in [0.15, 0.2) is 5.96 Å². The van der Waals surface area contributed by atoms with Crippen molar-refractivity contribution < 1.29 is 23.0 Å². The van der Waals surface area contributed by atoms with Gasteiger partial charge in [0.2, 0.25) is 0 Å². The van der Waals surface area contributed by atoms with Crippen molar-refractivity contribution >= 4 is 11.9 Å². The standard InChI is InChI=1S/C17H23F2N3O3/c1-11-9-22(10-13(11)15(23)24-3)17(20-2)21-8-12-6-4-5-7-14(12)25-16(18)19/h4-7,11,13,16H,8-10H2,1-3H3,(H,20,21). The smallest absolute Gasteiger partial charge is 0.387 e. The molecule has 1 aliphatic rings. The lowest BCUT2D eigenvalue weighted by Crippen LogP contribution is -2.40. The van der Waals surface area contributed by atoms with Gasteiger partial charge in [-0.25, -0.2) is 0 Å². The molecule has 2 unspecified atom stereocenters. The van der Waals surface area contributed by atoms with Crippen molar-refractivity contribution in [2.24, 2.45) is 16.8 Å². The van der Waals surface area contributed by atoms with Gasteiger partial charge in [-0.15, -0.1) is 0 Å². The number of likely N-dealkylation sites (tertiary alicyclic amines) is 1. The van der Waals surface area contributed by atoms with E-state index in [4.69, 9.17) is 4.74 Å². The zero-order valence-corrected chi connectivity index (χ0v) is 14.5. The van der Waals surface area contributed by atoms with Crippen LogP contribution in [0.3, 0.4) is 0 Å². The van der Waals surface area contributed by atoms with E-state index in [0.717, 1.165) is 0 Å². The highest BCUT2D eigenvalue weighted by atomic mass is 19.3. The molecule has 6 nitrogen and oxygen atoms in total. The van der Waals surface area contributed by atoms with Gasteiger partial charge in [-0.1, -0.05) is 25.1 Å². The number of alkyl halides is 2. The van der Waals surface area contributed by atoms with Crippen molar-refractivity contribution in [3.63, 3.8) is 0 Å². The Morgan fingerprint density at radius 3 is 2.76 bits per heavy atom. The van der Waals surface area contributed by atoms with Crippen LogP contribution >= 0.6 is 0 Å². The number of guanidine groups is 1. The molecule has 1 heterocycles. The number of halogens is 2. The maximum Gasteiger partial charge on any atom is 0.387 e. The van der Waals surface area contributed by atoms with Crippen LogP contribution in [0.15, 0.2) is 29.3 Å². The summed E-state index contributed by atoms with van der Waals surface area (Å²) in [4.78, 5) is 18.0. The Labute approximate surface area is 145 Å². The van der Waals surface area contributed by atoms with Crippen LogP contribution in [-0.4, -0.2) is 50.7 Å². The molecule has 2 atom stereocenters. The molecular weight excluding hydrogens is 332 g/mol. The molecular formula is C17H23F2N3O3. The number of nitrogens with zero attached hydrogens (tertiary/aromatic N) is 2. The summed E-state index contributed by atoms with van der Waals surface area (Å²) in [5, 5.41) is 3.14. The molecule has 1 aliphatic heterocycles. The molecule has 25 heavy (non-hydrogen) atoms. The van der Waals surface area contributed by atoms with E-state index < -0.39 is 6.61 Å². The van der Waals surface area contributed by atoms with Crippen LogP contribution < -0.4 is 10.1 Å². The molecule has 0 saturated carbocycles. The van der Waals surface area contributed by atoms with Crippen LogP contribution in [0, 0.1) is 11.8 Å². The van der Waals surface area contributed by atoms with Gasteiger partial charge in [0.1, 0.15) is 5.75 Å². The predicted molar refractivity (Wildman–Crippen MR) is 89.5 cm³/mol. The van der Waals surface area contributed by atoms with E-state index in [1.165, 1.54) is 13.2 Å². The number of hydrogen-bond donors (Lipinski definition) is 1. The normalized spacial score (nSPS) is 20.7. The van der Waals surface area contributed by atoms with Crippen molar-refractivity contribution in [2.75, 3.05) is 27.2 Å². The SMILES string of the molecule is CN=C(NCc1ccccc1OC(F)F)N1CC(C)C(C(=O)OC)C1. The molecule has 1 saturated heterocycles. The van der Waals surface area contributed by atoms with Gasteiger partial charge < -0.3 is 19.7 Å². The maximum atomic E-state index is 12.5. The van der Waals surface area contributed by atoms with E-state index in [9.17, 15) is 13.6 Å². The monoisotopic (exact) mass is 355 g/mol. The number of carbonyl (C=O) groups is 1. The van der Waals surface area contributed by atoms with Gasteiger partial charge in [-0.05, 0) is 12.0 Å². The van der Waals surface area contributed by atoms with E-state index in [2.05, 4.69) is 15.0 Å². The Morgan fingerprint density at radius 1 is 1.40 bits per heavy atom. The number of benzene rings is 1. The first-order valence-corrected chi connectivity index (χ1v) is 8.02. The van der Waals surface area contributed by atoms with Gasteiger partial charge >= 0.3 is 12.6 Å². The lowest BCUT2D eigenvalue weighted by atomic mass is 9.99. The lowest BCUT2D eigenvalue weighted by molar-refractivity contribution is -0.145. The minimum absolute atomic E-state index is 0.127. The number of aliphatic imine (C=N–C) groups is 1. The number of para-hydroxylation sites is 1. The summed E-state index contributed by atoms with van der Waals surface area (Å²) in [6.07, 6.45) is 0. The molecule has 0 spiro atoms. The topological polar surface area (TPSA) is 63.2 Å². The second-order valence-corrected chi connectivity index (χ2v) is 5.90. The molecule has 0 aliphatic carbocycles. The number of rotatable bonds is 5. The zero-order valence-electron chi connectivity index (χ0n) is 14.5. The van der Waals surface area contributed by atoms with Crippen molar-refractivity contribution in [3.05, 3.63) is 29.8 Å². The highest BCUT2D eigenvalue weighted by Crippen LogP contribution is 2.24. The molecule has 0 bridgehead atoms. The first kappa shape index (κ1) is 19.0. The van der Waals surface area contributed by atoms with Crippen LogP contribution in [0.2, 0.25) is 0 Å². The third-order valence-corrected chi connectivity index (χ3v) is 4.25. The molecule has 0 aromatic heterocycles. The van der Waals surface area contributed by atoms with Crippen LogP contribution in [0.1, 0.15) is 12.5 Å². The summed E-state index contributed by atoms with van der Waals surface area (Å²) in [6.45, 7) is 0.557. The number of nitrogens with one attached hydrogen (secondary N) is 1. The molecule has 0 amide bonds. The van der Waals surface area contributed by atoms with Gasteiger partial charge in [0.25, 0.3) is 0 Å². The highest BCUT2D eigenvalue weighted by Gasteiger charge is 2.36. The van der Waals surface area contributed by atoms with Gasteiger partial charge in [-0.2, -0.15) is 8.78 Å². The van der Waals surface area contributed by atoms with Crippen molar-refractivity contribution in [1.29, 1.82) is 0 Å². The third-order valence-electron chi connectivity index (χ3n) is 4.25. The zero-order chi connectivity index (χ0) is 18.4. The lowest BCUT2D eigenvalue weighted by Gasteiger charge is -2.22. The fraction of sp³-hybridized carbons (Fsp3) is 0.529. The molecule has 1 aromatic carbocycles. The fourth-order valence-electron chi connectivity index (χ4n) is 2.97. The van der Waals surface area contributed by atoms with Crippen LogP contribution in [0.4, 0.5) is 8.78 Å². The van der Waals surface area contributed by atoms with Crippen LogP contribution in [0.5, 0.6) is 5.75 Å². The highest BCUT2D eigenvalue weighted by molar-refractivity contribution is 5.82. The van der Waals surface area contributed by atoms with E-state index in [1.54, 1.807) is 25.2 Å². The fourth-order valence-corrected chi connectivity index (χ4v) is 2.97. The van der Waals surface area contributed by atoms with Crippen LogP contribution in [-0.2, 0) is 16.1 Å². The molecule has 2 rings (SSSR count). The van der Waals surface area contributed by atoms with E-state index in [1.807, 2.05) is 11.8 Å². The maximum absolute atomic E-state index is 12.5. The molecule has 1 aromatic rings. The van der Waals surface area contributed by atoms with Gasteiger partial charge in [0.05, 0.1) is 13.0 Å². The Bertz CT molecular complexity index is 625. The van der Waals surface area contributed by atoms with Crippen molar-refractivity contribution in [2.45, 2.75) is 20.1 Å². The second kappa shape index (κ2) is 8.64. The molecule has 138 valence electrons. The van der Waals surface area contributed by atoms with Gasteiger partial charge in [0, 0.05) is 32.2 Å². The summed E-state index contributed by atoms with van der Waals surface area (Å²) in [5.41, 5.74) is 0.598. The molecule has 0 radical (unpaired) electrons. The third kappa shape index (κ3) is 4.80. The molecule has 8 heteroatoms. The Balaban J connectivity index is 2.01. The summed E-state index contributed by atoms with van der Waals surface area (Å²) in [5.74, 6) is 0.423. The second-order valence-electron chi connectivity index (χ2n) is 5.90. The average molecular weight is 355 g/mol. The largest absolute Gasteiger partial charge is 0.469 e. The van der Waals surface area contributed by atoms with E-state index >= 15 is 0 Å². The summed E-state index contributed by atoms with van der Waals surface area (Å²) in [7, 11) is 3.02. The van der Waals surface area contributed by atoms with E-state index in [0.29, 0.717) is 24.6 Å². The summed E-state index contributed by atoms with van der Waals surface area (Å²) >= 11 is 0. The van der Waals surface area contributed by atoms with E-state index in [-0.39, 0.29) is 30.1 Å². The Morgan fingerprint density at radius 2 is 2.12 bits per heavy atom. The van der Waals surface area contributed by atoms with Gasteiger partial charge in [-0.3, -0.25) is 9.79 Å². The summed E-state index contributed by atoms with van der Waals surface area (Å²) < 4.78 is 34.3. The quantitative estimate of drug-likeness (QED) is 0.498. The number of ether oxygens (including phenoxy) is 2. The Kier molecular flexibility index (Phi) is 6.55. The first-order chi connectivity index (χ1) is 12.0. The number of hydrogen-bond acceptors (Lipinski definition) is 4. The number of carbonyl (C=O) groups excluding carboxylic acids is 1. The van der Waals surface area contributed by atoms with Crippen molar-refractivity contribution in [3.8, 4) is 5.75 Å². The van der Waals surface area contributed by atoms with Crippen LogP contribution in [0.25, 0.3) is 0 Å². The number of methoxy groups -OCH3 is 1. The molecule has 1 fully saturated rings. The molecule has 1 N–H and O–H groups in total. The predicted octanol–water partition coefficient (Wildman–Crippen LogP) is 2.10. The Hall–Kier alpha value is -2.38. The minimum Gasteiger partial charge on any atom is -0.469 e. The van der Waals surface area contributed by atoms with Crippen molar-refractivity contribution in [1.82, 2.24) is 10.2 Å². The minimum atomic E-state index is -2.87.